The molecule has 0 saturated heterocycles. The van der Waals surface area contributed by atoms with E-state index in [9.17, 15) is 23.3 Å². The van der Waals surface area contributed by atoms with Gasteiger partial charge in [0.2, 0.25) is 0 Å². The summed E-state index contributed by atoms with van der Waals surface area (Å²) in [5.41, 5.74) is 7.49. The van der Waals surface area contributed by atoms with Gasteiger partial charge in [-0.1, -0.05) is 66.2 Å². The zero-order valence-electron chi connectivity index (χ0n) is 32.1. The Morgan fingerprint density at radius 3 is 2.46 bits per heavy atom. The summed E-state index contributed by atoms with van der Waals surface area (Å²) in [5.74, 6) is 0.530. The molecule has 8 rings (SSSR count). The predicted molar refractivity (Wildman–Crippen MR) is 227 cm³/mol. The monoisotopic (exact) mass is 842 g/mol. The number of esters is 1. The lowest BCUT2D eigenvalue weighted by Crippen LogP contribution is -2.22. The van der Waals surface area contributed by atoms with Crippen molar-refractivity contribution in [1.29, 1.82) is 5.26 Å². The van der Waals surface area contributed by atoms with E-state index in [1.165, 1.54) is 25.4 Å². The van der Waals surface area contributed by atoms with Crippen LogP contribution in [0, 0.1) is 32.1 Å². The van der Waals surface area contributed by atoms with Gasteiger partial charge in [-0.25, -0.2) is 8.42 Å². The van der Waals surface area contributed by atoms with Gasteiger partial charge in [0.15, 0.2) is 5.82 Å². The molecule has 0 saturated carbocycles. The van der Waals surface area contributed by atoms with Crippen molar-refractivity contribution in [3.8, 4) is 22.2 Å². The highest BCUT2D eigenvalue weighted by Gasteiger charge is 2.32. The number of rotatable bonds is 10. The number of hydrogen-bond donors (Lipinski definition) is 3. The quantitative estimate of drug-likeness (QED) is 0.115. The van der Waals surface area contributed by atoms with Crippen LogP contribution in [0.4, 0.5) is 5.69 Å². The number of aromatic nitrogens is 4. The first-order valence-corrected chi connectivity index (χ1v) is 21.0. The van der Waals surface area contributed by atoms with Gasteiger partial charge in [-0.15, -0.1) is 21.5 Å². The molecule has 7 aromatic rings. The van der Waals surface area contributed by atoms with E-state index in [0.717, 1.165) is 43.4 Å². The molecule has 16 heteroatoms. The van der Waals surface area contributed by atoms with Gasteiger partial charge in [-0.3, -0.25) is 23.9 Å². The second kappa shape index (κ2) is 15.6. The molecule has 0 aliphatic carbocycles. The van der Waals surface area contributed by atoms with Crippen molar-refractivity contribution < 1.29 is 22.7 Å². The van der Waals surface area contributed by atoms with Crippen LogP contribution in [0.2, 0.25) is 5.02 Å². The Morgan fingerprint density at radius 1 is 1.00 bits per heavy atom. The second-order valence-electron chi connectivity index (χ2n) is 13.9. The highest BCUT2D eigenvalue weighted by molar-refractivity contribution is 7.92. The number of carbonyl (C=O) groups is 2. The molecule has 59 heavy (non-hydrogen) atoms. The number of fused-ring (bicyclic) bond motifs is 4. The first-order valence-electron chi connectivity index (χ1n) is 18.3. The fourth-order valence-corrected chi connectivity index (χ4v) is 9.65. The molecular weight excluding hydrogens is 808 g/mol. The van der Waals surface area contributed by atoms with Crippen LogP contribution in [-0.2, 0) is 26.1 Å². The minimum Gasteiger partial charge on any atom is -0.469 e. The summed E-state index contributed by atoms with van der Waals surface area (Å²) in [7, 11) is -2.59. The van der Waals surface area contributed by atoms with Crippen molar-refractivity contribution in [2.24, 2.45) is 4.99 Å². The Bertz CT molecular complexity index is 3000. The van der Waals surface area contributed by atoms with Gasteiger partial charge in [0, 0.05) is 50.3 Å². The normalized spacial score (nSPS) is 13.5. The number of hydrogen-bond acceptors (Lipinski definition) is 10. The van der Waals surface area contributed by atoms with Gasteiger partial charge in [-0.2, -0.15) is 5.26 Å². The van der Waals surface area contributed by atoms with E-state index in [-0.39, 0.29) is 23.8 Å². The number of methoxy groups -OCH3 is 1. The SMILES string of the molecule is COC(=O)C[C@@H]1N=C(c2ccc(-c3ccc(C(=O)NCc4ccc(S(=O)(=O)Nc5cccc6c(C#N)c[nH]c56)cc4)cc3Cl)cc2)c2c(sc(C)c2C)-n2c(C)nnc21. The fraction of sp³-hybridized carbons (Fsp3) is 0.163. The number of sulfonamides is 1. The molecule has 3 aromatic heterocycles. The zero-order chi connectivity index (χ0) is 41.6. The number of aryl methyl sites for hydroxylation is 2. The summed E-state index contributed by atoms with van der Waals surface area (Å²) in [5, 5.41) is 22.9. The fourth-order valence-electron chi connectivity index (χ4n) is 7.07. The number of nitriles is 1. The van der Waals surface area contributed by atoms with Gasteiger partial charge < -0.3 is 15.0 Å². The molecular formula is C43H35ClN8O5S2. The summed E-state index contributed by atoms with van der Waals surface area (Å²) in [6.07, 6.45) is 1.54. The minimum absolute atomic E-state index is 0.00686. The van der Waals surface area contributed by atoms with Gasteiger partial charge in [0.1, 0.15) is 22.9 Å². The molecule has 296 valence electrons. The predicted octanol–water partition coefficient (Wildman–Crippen LogP) is 8.11. The number of H-pyrrole nitrogens is 1. The standard InChI is InChI=1S/C43H35ClN8O5S2/c1-23-24(2)58-43-38(23)39(48-36(19-37(53)57-4)41-50-49-25(3)52(41)43)28-12-10-27(11-13-28)32-17-14-29(18-34(32)44)42(54)47-21-26-8-15-31(16-9-26)59(55,56)51-35-7-5-6-33-30(20-45)22-46-40(33)35/h5-18,22,36,46,51H,19,21H2,1-4H3,(H,47,54)/t36-/m0/s1. The van der Waals surface area contributed by atoms with Crippen LogP contribution < -0.4 is 10.0 Å². The lowest BCUT2D eigenvalue weighted by atomic mass is 9.96. The van der Waals surface area contributed by atoms with Crippen molar-refractivity contribution in [2.45, 2.75) is 44.7 Å². The molecule has 1 aliphatic rings. The molecule has 3 N–H and O–H groups in total. The number of aliphatic imine (C=N–C) groups is 1. The average Bonchev–Trinajstić information content (AvgIpc) is 3.90. The molecule has 4 aromatic carbocycles. The highest BCUT2D eigenvalue weighted by Crippen LogP contribution is 2.40. The van der Waals surface area contributed by atoms with Crippen molar-refractivity contribution in [2.75, 3.05) is 11.8 Å². The van der Waals surface area contributed by atoms with E-state index in [1.807, 2.05) is 35.8 Å². The number of nitrogens with zero attached hydrogens (tertiary/aromatic N) is 5. The molecule has 13 nitrogen and oxygen atoms in total. The van der Waals surface area contributed by atoms with Gasteiger partial charge in [-0.05, 0) is 67.8 Å². The van der Waals surface area contributed by atoms with Gasteiger partial charge in [0.25, 0.3) is 15.9 Å². The molecule has 0 radical (unpaired) electrons. The summed E-state index contributed by atoms with van der Waals surface area (Å²) in [6, 6.07) is 25.6. The molecule has 4 heterocycles. The molecule has 0 spiro atoms. The lowest BCUT2D eigenvalue weighted by Gasteiger charge is -2.13. The summed E-state index contributed by atoms with van der Waals surface area (Å²) < 4.78 is 36.0. The smallest absolute Gasteiger partial charge is 0.308 e. The van der Waals surface area contributed by atoms with E-state index in [2.05, 4.69) is 45.1 Å². The third-order valence-electron chi connectivity index (χ3n) is 10.3. The molecule has 1 atom stereocenters. The molecule has 0 fully saturated rings. The van der Waals surface area contributed by atoms with E-state index in [1.54, 1.807) is 59.9 Å². The van der Waals surface area contributed by atoms with E-state index < -0.39 is 22.0 Å². The van der Waals surface area contributed by atoms with Crippen molar-refractivity contribution in [3.63, 3.8) is 0 Å². The Kier molecular flexibility index (Phi) is 10.4. The zero-order valence-corrected chi connectivity index (χ0v) is 34.5. The molecule has 1 aliphatic heterocycles. The second-order valence-corrected chi connectivity index (χ2v) is 17.2. The number of nitrogens with one attached hydrogen (secondary N) is 3. The number of halogens is 1. The highest BCUT2D eigenvalue weighted by atomic mass is 35.5. The topological polar surface area (TPSA) is 184 Å². The maximum Gasteiger partial charge on any atom is 0.308 e. The van der Waals surface area contributed by atoms with Crippen LogP contribution >= 0.6 is 22.9 Å². The number of ether oxygens (including phenoxy) is 1. The lowest BCUT2D eigenvalue weighted by molar-refractivity contribution is -0.141. The third-order valence-corrected chi connectivity index (χ3v) is 13.2. The van der Waals surface area contributed by atoms with Crippen LogP contribution in [0.1, 0.15) is 67.2 Å². The Hall–Kier alpha value is -6.60. The number of thiophene rings is 1. The number of anilines is 1. The molecule has 0 unspecified atom stereocenters. The third kappa shape index (κ3) is 7.38. The van der Waals surface area contributed by atoms with E-state index in [4.69, 9.17) is 21.3 Å². The number of carbonyl (C=O) groups excluding carboxylic acids is 2. The number of aromatic amines is 1. The summed E-state index contributed by atoms with van der Waals surface area (Å²) >= 11 is 8.41. The van der Waals surface area contributed by atoms with E-state index in [0.29, 0.717) is 50.0 Å². The van der Waals surface area contributed by atoms with Gasteiger partial charge in [0.05, 0.1) is 40.9 Å². The largest absolute Gasteiger partial charge is 0.469 e. The van der Waals surface area contributed by atoms with Crippen LogP contribution in [-0.4, -0.2) is 52.9 Å². The van der Waals surface area contributed by atoms with Gasteiger partial charge >= 0.3 is 5.97 Å². The van der Waals surface area contributed by atoms with Crippen molar-refractivity contribution in [3.05, 3.63) is 146 Å². The number of benzene rings is 4. The summed E-state index contributed by atoms with van der Waals surface area (Å²) in [4.78, 5) is 35.0. The van der Waals surface area contributed by atoms with Crippen LogP contribution in [0.3, 0.4) is 0 Å². The van der Waals surface area contributed by atoms with Crippen molar-refractivity contribution in [1.82, 2.24) is 25.1 Å². The Labute approximate surface area is 348 Å². The summed E-state index contributed by atoms with van der Waals surface area (Å²) in [6.45, 7) is 6.17. The maximum atomic E-state index is 13.2. The molecule has 0 bridgehead atoms. The van der Waals surface area contributed by atoms with Crippen LogP contribution in [0.15, 0.2) is 101 Å². The molecule has 1 amide bonds. The first-order chi connectivity index (χ1) is 28.4. The van der Waals surface area contributed by atoms with Crippen molar-refractivity contribution >= 4 is 67.1 Å². The average molecular weight is 843 g/mol. The Morgan fingerprint density at radius 2 is 1.75 bits per heavy atom. The van der Waals surface area contributed by atoms with E-state index >= 15 is 0 Å². The van der Waals surface area contributed by atoms with Crippen LogP contribution in [0.25, 0.3) is 27.0 Å². The Balaban J connectivity index is 0.965. The number of amides is 1. The first kappa shape index (κ1) is 39.2. The minimum atomic E-state index is -3.95. The number of para-hydroxylation sites is 1. The maximum absolute atomic E-state index is 13.2. The van der Waals surface area contributed by atoms with Crippen LogP contribution in [0.5, 0.6) is 0 Å².